The van der Waals surface area contributed by atoms with E-state index in [1.807, 2.05) is 0 Å². The van der Waals surface area contributed by atoms with Crippen molar-refractivity contribution in [1.29, 1.82) is 0 Å². The SMILES string of the molecule is FC(F)[C@H]1CN(C[B-](F)(F)F)CCN1CC1CCCCC1.[K+]. The average molecular weight is 352 g/mol. The summed E-state index contributed by atoms with van der Waals surface area (Å²) >= 11 is 0. The number of nitrogens with zero attached hydrogens (tertiary/aromatic N) is 2. The van der Waals surface area contributed by atoms with Gasteiger partial charge in [-0.1, -0.05) is 19.3 Å². The first-order valence-electron chi connectivity index (χ1n) is 7.81. The second-order valence-electron chi connectivity index (χ2n) is 6.37. The fourth-order valence-electron chi connectivity index (χ4n) is 3.53. The molecule has 1 atom stereocenters. The van der Waals surface area contributed by atoms with Crippen LogP contribution in [0.2, 0.25) is 0 Å². The minimum absolute atomic E-state index is 0. The van der Waals surface area contributed by atoms with Crippen LogP contribution in [0.25, 0.3) is 0 Å². The average Bonchev–Trinajstić information content (AvgIpc) is 2.40. The summed E-state index contributed by atoms with van der Waals surface area (Å²) < 4.78 is 63.7. The van der Waals surface area contributed by atoms with Gasteiger partial charge >= 0.3 is 58.4 Å². The number of piperazine rings is 1. The van der Waals surface area contributed by atoms with Crippen molar-refractivity contribution in [3.63, 3.8) is 0 Å². The number of rotatable bonds is 5. The summed E-state index contributed by atoms with van der Waals surface area (Å²) in [5, 5.41) is 0. The van der Waals surface area contributed by atoms with Crippen LogP contribution in [0.5, 0.6) is 0 Å². The van der Waals surface area contributed by atoms with E-state index in [1.54, 1.807) is 4.90 Å². The zero-order chi connectivity index (χ0) is 15.5. The predicted octanol–water partition coefficient (Wildman–Crippen LogP) is 0.209. The first kappa shape index (κ1) is 21.3. The van der Waals surface area contributed by atoms with Crippen molar-refractivity contribution in [3.05, 3.63) is 0 Å². The van der Waals surface area contributed by atoms with Crippen LogP contribution in [-0.4, -0.2) is 61.9 Å². The fraction of sp³-hybridized carbons (Fsp3) is 1.00. The van der Waals surface area contributed by atoms with Crippen LogP contribution in [0.15, 0.2) is 0 Å². The van der Waals surface area contributed by atoms with E-state index in [2.05, 4.69) is 0 Å². The Morgan fingerprint density at radius 2 is 1.64 bits per heavy atom. The molecule has 22 heavy (non-hydrogen) atoms. The molecule has 0 aromatic rings. The van der Waals surface area contributed by atoms with Crippen molar-refractivity contribution >= 4 is 6.98 Å². The number of halogens is 5. The topological polar surface area (TPSA) is 6.48 Å². The molecule has 1 saturated carbocycles. The molecule has 0 unspecified atom stereocenters. The molecular formula is C13H23BF5KN2. The Bertz CT molecular complexity index is 326. The number of hydrogen-bond acceptors (Lipinski definition) is 2. The second kappa shape index (κ2) is 9.68. The Kier molecular flexibility index (Phi) is 9.37. The molecular weight excluding hydrogens is 329 g/mol. The van der Waals surface area contributed by atoms with Crippen molar-refractivity contribution in [1.82, 2.24) is 9.80 Å². The molecule has 0 spiro atoms. The van der Waals surface area contributed by atoms with Crippen molar-refractivity contribution in [2.75, 3.05) is 32.6 Å². The van der Waals surface area contributed by atoms with Gasteiger partial charge in [-0.25, -0.2) is 8.78 Å². The summed E-state index contributed by atoms with van der Waals surface area (Å²) in [4.78, 5) is 2.86. The Morgan fingerprint density at radius 3 is 2.18 bits per heavy atom. The van der Waals surface area contributed by atoms with E-state index in [-0.39, 0.29) is 64.5 Å². The molecule has 2 rings (SSSR count). The molecule has 0 N–H and O–H groups in total. The largest absolute Gasteiger partial charge is 1.00 e. The quantitative estimate of drug-likeness (QED) is 0.516. The van der Waals surface area contributed by atoms with Crippen LogP contribution in [0.3, 0.4) is 0 Å². The van der Waals surface area contributed by atoms with Crippen LogP contribution in [0.4, 0.5) is 21.7 Å². The van der Waals surface area contributed by atoms with Crippen LogP contribution in [0, 0.1) is 5.92 Å². The van der Waals surface area contributed by atoms with E-state index in [0.29, 0.717) is 19.0 Å². The molecule has 0 aromatic heterocycles. The molecule has 9 heteroatoms. The first-order valence-corrected chi connectivity index (χ1v) is 7.81. The second-order valence-corrected chi connectivity index (χ2v) is 6.37. The molecule has 1 heterocycles. The van der Waals surface area contributed by atoms with Crippen molar-refractivity contribution in [2.45, 2.75) is 44.6 Å². The van der Waals surface area contributed by atoms with Crippen molar-refractivity contribution in [3.8, 4) is 0 Å². The van der Waals surface area contributed by atoms with Crippen LogP contribution < -0.4 is 51.4 Å². The van der Waals surface area contributed by atoms with E-state index in [4.69, 9.17) is 0 Å². The third-order valence-electron chi connectivity index (χ3n) is 4.59. The van der Waals surface area contributed by atoms with Crippen molar-refractivity contribution in [2.24, 2.45) is 5.92 Å². The minimum atomic E-state index is -4.95. The van der Waals surface area contributed by atoms with Gasteiger partial charge in [0.15, 0.2) is 0 Å². The van der Waals surface area contributed by atoms with Gasteiger partial charge in [-0.05, 0) is 25.2 Å². The third-order valence-corrected chi connectivity index (χ3v) is 4.59. The molecule has 0 amide bonds. The minimum Gasteiger partial charge on any atom is -0.448 e. The van der Waals surface area contributed by atoms with E-state index in [1.165, 1.54) is 6.42 Å². The summed E-state index contributed by atoms with van der Waals surface area (Å²) in [5.41, 5.74) is 0. The van der Waals surface area contributed by atoms with E-state index >= 15 is 0 Å². The molecule has 2 fully saturated rings. The van der Waals surface area contributed by atoms with Gasteiger partial charge in [0, 0.05) is 26.2 Å². The predicted molar refractivity (Wildman–Crippen MR) is 73.5 cm³/mol. The van der Waals surface area contributed by atoms with Crippen LogP contribution in [0.1, 0.15) is 32.1 Å². The molecule has 1 saturated heterocycles. The summed E-state index contributed by atoms with van der Waals surface area (Å²) in [6, 6.07) is -1.06. The molecule has 0 aromatic carbocycles. The fourth-order valence-corrected chi connectivity index (χ4v) is 3.53. The van der Waals surface area contributed by atoms with Gasteiger partial charge in [0.25, 0.3) is 6.43 Å². The molecule has 124 valence electrons. The Morgan fingerprint density at radius 1 is 1.00 bits per heavy atom. The number of alkyl halides is 2. The Balaban J connectivity index is 0.00000242. The molecule has 2 nitrogen and oxygen atoms in total. The summed E-state index contributed by atoms with van der Waals surface area (Å²) in [6.45, 7) is -3.96. The smallest absolute Gasteiger partial charge is 0.448 e. The van der Waals surface area contributed by atoms with E-state index in [9.17, 15) is 21.7 Å². The normalized spacial score (nSPS) is 26.2. The van der Waals surface area contributed by atoms with Crippen LogP contribution in [-0.2, 0) is 0 Å². The maximum Gasteiger partial charge on any atom is 1.00 e. The van der Waals surface area contributed by atoms with Gasteiger partial charge in [0.2, 0.25) is 0 Å². The van der Waals surface area contributed by atoms with Gasteiger partial charge in [-0.2, -0.15) is 0 Å². The molecule has 0 bridgehead atoms. The summed E-state index contributed by atoms with van der Waals surface area (Å²) in [6.07, 6.45) is 1.98. The van der Waals surface area contributed by atoms with E-state index < -0.39 is 25.9 Å². The van der Waals surface area contributed by atoms with E-state index in [0.717, 1.165) is 30.6 Å². The maximum absolute atomic E-state index is 13.2. The Labute approximate surface area is 171 Å². The zero-order valence-corrected chi connectivity index (χ0v) is 16.3. The molecule has 2 aliphatic rings. The molecule has 0 radical (unpaired) electrons. The van der Waals surface area contributed by atoms with Gasteiger partial charge in [0.1, 0.15) is 0 Å². The monoisotopic (exact) mass is 352 g/mol. The summed E-state index contributed by atoms with van der Waals surface area (Å²) in [5.74, 6) is 0.429. The summed E-state index contributed by atoms with van der Waals surface area (Å²) in [7, 11) is 0. The third kappa shape index (κ3) is 7.03. The van der Waals surface area contributed by atoms with Gasteiger partial charge in [-0.15, -0.1) is 0 Å². The maximum atomic E-state index is 13.2. The standard InChI is InChI=1S/C13H23BF5N2.K/c15-13(16)12-9-20(10-14(17,18)19)6-7-21(12)8-11-4-2-1-3-5-11;/h11-13H,1-10H2;/q-1;+1/t12-;/m1./s1. The van der Waals surface area contributed by atoms with Gasteiger partial charge in [-0.3, -0.25) is 4.90 Å². The van der Waals surface area contributed by atoms with Crippen LogP contribution >= 0.6 is 0 Å². The van der Waals surface area contributed by atoms with Gasteiger partial charge < -0.3 is 17.8 Å². The van der Waals surface area contributed by atoms with Gasteiger partial charge in [0.05, 0.1) is 6.04 Å². The first-order chi connectivity index (χ1) is 9.85. The molecule has 1 aliphatic carbocycles. The number of hydrogen-bond donors (Lipinski definition) is 0. The zero-order valence-electron chi connectivity index (χ0n) is 13.2. The molecule has 1 aliphatic heterocycles. The Hall–Kier alpha value is 1.27. The van der Waals surface area contributed by atoms with Crippen molar-refractivity contribution < 1.29 is 73.1 Å².